The minimum absolute atomic E-state index is 0.430. The zero-order valence-corrected chi connectivity index (χ0v) is 12.1. The second-order valence-corrected chi connectivity index (χ2v) is 5.58. The predicted octanol–water partition coefficient (Wildman–Crippen LogP) is 4.74. The van der Waals surface area contributed by atoms with Gasteiger partial charge in [0, 0.05) is 11.1 Å². The van der Waals surface area contributed by atoms with Gasteiger partial charge in [0.15, 0.2) is 0 Å². The maximum atomic E-state index is 6.13. The maximum Gasteiger partial charge on any atom is 0.0411 e. The fourth-order valence-corrected chi connectivity index (χ4v) is 2.40. The van der Waals surface area contributed by atoms with Crippen molar-refractivity contribution >= 4 is 11.6 Å². The smallest absolute Gasteiger partial charge is 0.0411 e. The second-order valence-electron chi connectivity index (χ2n) is 5.14. The molecule has 0 radical (unpaired) electrons. The lowest BCUT2D eigenvalue weighted by Crippen LogP contribution is -2.21. The number of hydrogen-bond donors (Lipinski definition) is 1. The Morgan fingerprint density at radius 3 is 2.41 bits per heavy atom. The molecule has 0 fully saturated rings. The van der Waals surface area contributed by atoms with E-state index in [-0.39, 0.29) is 0 Å². The van der Waals surface area contributed by atoms with E-state index in [0.29, 0.717) is 6.04 Å². The number of halogens is 1. The topological polar surface area (TPSA) is 12.0 Å². The third-order valence-corrected chi connectivity index (χ3v) is 3.17. The molecule has 0 aliphatic heterocycles. The monoisotopic (exact) mass is 253 g/mol. The zero-order valence-electron chi connectivity index (χ0n) is 11.4. The number of benzene rings is 1. The van der Waals surface area contributed by atoms with Crippen LogP contribution in [0.15, 0.2) is 18.2 Å². The van der Waals surface area contributed by atoms with E-state index < -0.39 is 0 Å². The minimum Gasteiger partial charge on any atom is -0.310 e. The molecule has 1 atom stereocenters. The van der Waals surface area contributed by atoms with Gasteiger partial charge in [-0.3, -0.25) is 0 Å². The van der Waals surface area contributed by atoms with E-state index in [1.807, 2.05) is 6.07 Å². The Labute approximate surface area is 111 Å². The lowest BCUT2D eigenvalue weighted by atomic mass is 9.96. The normalized spacial score (nSPS) is 13.1. The summed E-state index contributed by atoms with van der Waals surface area (Å²) < 4.78 is 0. The molecule has 0 aromatic heterocycles. The van der Waals surface area contributed by atoms with Crippen LogP contribution in [0, 0.1) is 12.8 Å². The van der Waals surface area contributed by atoms with Crippen molar-refractivity contribution in [3.05, 3.63) is 34.3 Å². The first-order valence-corrected chi connectivity index (χ1v) is 6.91. The predicted molar refractivity (Wildman–Crippen MR) is 76.7 cm³/mol. The van der Waals surface area contributed by atoms with Crippen LogP contribution < -0.4 is 5.32 Å². The van der Waals surface area contributed by atoms with Gasteiger partial charge in [-0.2, -0.15) is 0 Å². The van der Waals surface area contributed by atoms with Crippen molar-refractivity contribution in [1.29, 1.82) is 0 Å². The Hall–Kier alpha value is -0.530. The summed E-state index contributed by atoms with van der Waals surface area (Å²) in [5, 5.41) is 4.39. The van der Waals surface area contributed by atoms with E-state index in [9.17, 15) is 0 Å². The van der Waals surface area contributed by atoms with Crippen molar-refractivity contribution in [2.45, 2.75) is 46.6 Å². The summed E-state index contributed by atoms with van der Waals surface area (Å²) in [5.74, 6) is 0.747. The quantitative estimate of drug-likeness (QED) is 0.773. The number of nitrogens with one attached hydrogen (secondary N) is 1. The van der Waals surface area contributed by atoms with Crippen LogP contribution in [0.3, 0.4) is 0 Å². The summed E-state index contributed by atoms with van der Waals surface area (Å²) in [7, 11) is 0. The van der Waals surface area contributed by atoms with Crippen molar-refractivity contribution in [3.8, 4) is 0 Å². The highest BCUT2D eigenvalue weighted by atomic mass is 35.5. The van der Waals surface area contributed by atoms with Gasteiger partial charge in [-0.1, -0.05) is 38.4 Å². The van der Waals surface area contributed by atoms with Crippen LogP contribution in [-0.2, 0) is 0 Å². The Morgan fingerprint density at radius 1 is 1.18 bits per heavy atom. The summed E-state index contributed by atoms with van der Waals surface area (Å²) in [6, 6.07) is 6.76. The van der Waals surface area contributed by atoms with Gasteiger partial charge in [-0.15, -0.1) is 0 Å². The first-order chi connectivity index (χ1) is 8.02. The summed E-state index contributed by atoms with van der Waals surface area (Å²) in [5.41, 5.74) is 2.55. The lowest BCUT2D eigenvalue weighted by Gasteiger charge is -2.20. The Balaban J connectivity index is 2.80. The number of rotatable bonds is 6. The number of aryl methyl sites for hydroxylation is 1. The molecular weight excluding hydrogens is 230 g/mol. The molecule has 0 saturated carbocycles. The van der Waals surface area contributed by atoms with Crippen molar-refractivity contribution < 1.29 is 0 Å². The van der Waals surface area contributed by atoms with Crippen LogP contribution in [0.1, 0.15) is 50.8 Å². The minimum atomic E-state index is 0.430. The van der Waals surface area contributed by atoms with E-state index in [0.717, 1.165) is 17.5 Å². The lowest BCUT2D eigenvalue weighted by molar-refractivity contribution is 0.448. The molecule has 1 nitrogen and oxygen atoms in total. The first-order valence-electron chi connectivity index (χ1n) is 6.53. The van der Waals surface area contributed by atoms with Crippen molar-refractivity contribution in [2.75, 3.05) is 6.54 Å². The largest absolute Gasteiger partial charge is 0.310 e. The van der Waals surface area contributed by atoms with Crippen molar-refractivity contribution in [2.24, 2.45) is 5.92 Å². The van der Waals surface area contributed by atoms with Gasteiger partial charge >= 0.3 is 0 Å². The fourth-order valence-electron chi connectivity index (χ4n) is 2.10. The average Bonchev–Trinajstić information content (AvgIpc) is 2.22. The van der Waals surface area contributed by atoms with Crippen LogP contribution in [-0.4, -0.2) is 6.54 Å². The maximum absolute atomic E-state index is 6.13. The van der Waals surface area contributed by atoms with Gasteiger partial charge in [0.25, 0.3) is 0 Å². The summed E-state index contributed by atoms with van der Waals surface area (Å²) in [6.45, 7) is 9.79. The van der Waals surface area contributed by atoms with E-state index in [4.69, 9.17) is 11.6 Å². The molecule has 0 bridgehead atoms. The molecule has 1 N–H and O–H groups in total. The van der Waals surface area contributed by atoms with Crippen LogP contribution in [0.25, 0.3) is 0 Å². The van der Waals surface area contributed by atoms with Crippen LogP contribution in [0.2, 0.25) is 5.02 Å². The number of hydrogen-bond acceptors (Lipinski definition) is 1. The molecule has 2 heteroatoms. The molecule has 0 saturated heterocycles. The SMILES string of the molecule is CCNC(CCC(C)C)c1cc(C)cc(Cl)c1. The van der Waals surface area contributed by atoms with E-state index in [2.05, 4.69) is 45.1 Å². The molecule has 1 rings (SSSR count). The standard InChI is InChI=1S/C15H24ClN/c1-5-17-15(7-6-11(2)3)13-8-12(4)9-14(16)10-13/h8-11,15,17H,5-7H2,1-4H3. The Bertz CT molecular complexity index is 327. The van der Waals surface area contributed by atoms with Crippen LogP contribution in [0.5, 0.6) is 0 Å². The third kappa shape index (κ3) is 5.10. The van der Waals surface area contributed by atoms with E-state index >= 15 is 0 Å². The summed E-state index contributed by atoms with van der Waals surface area (Å²) >= 11 is 6.13. The van der Waals surface area contributed by atoms with Gasteiger partial charge in [-0.05, 0) is 55.5 Å². The molecule has 17 heavy (non-hydrogen) atoms. The van der Waals surface area contributed by atoms with Gasteiger partial charge in [0.1, 0.15) is 0 Å². The highest BCUT2D eigenvalue weighted by Crippen LogP contribution is 2.25. The van der Waals surface area contributed by atoms with Crippen LogP contribution in [0.4, 0.5) is 0 Å². The highest BCUT2D eigenvalue weighted by molar-refractivity contribution is 6.30. The molecule has 96 valence electrons. The third-order valence-electron chi connectivity index (χ3n) is 2.95. The molecule has 1 unspecified atom stereocenters. The van der Waals surface area contributed by atoms with Crippen molar-refractivity contribution in [3.63, 3.8) is 0 Å². The van der Waals surface area contributed by atoms with E-state index in [1.165, 1.54) is 24.0 Å². The molecule has 0 spiro atoms. The molecule has 0 amide bonds. The highest BCUT2D eigenvalue weighted by Gasteiger charge is 2.11. The zero-order chi connectivity index (χ0) is 12.8. The Morgan fingerprint density at radius 2 is 1.88 bits per heavy atom. The van der Waals surface area contributed by atoms with Crippen LogP contribution >= 0.6 is 11.6 Å². The molecule has 1 aromatic carbocycles. The summed E-state index contributed by atoms with van der Waals surface area (Å²) in [4.78, 5) is 0. The molecule has 1 aromatic rings. The van der Waals surface area contributed by atoms with E-state index in [1.54, 1.807) is 0 Å². The Kier molecular flexibility index (Phi) is 6.01. The summed E-state index contributed by atoms with van der Waals surface area (Å²) in [6.07, 6.45) is 2.41. The second kappa shape index (κ2) is 7.03. The molecule has 0 heterocycles. The van der Waals surface area contributed by atoms with Gasteiger partial charge < -0.3 is 5.32 Å². The fraction of sp³-hybridized carbons (Fsp3) is 0.600. The van der Waals surface area contributed by atoms with Gasteiger partial charge in [0.05, 0.1) is 0 Å². The molecule has 0 aliphatic rings. The average molecular weight is 254 g/mol. The van der Waals surface area contributed by atoms with Gasteiger partial charge in [-0.25, -0.2) is 0 Å². The van der Waals surface area contributed by atoms with Crippen molar-refractivity contribution in [1.82, 2.24) is 5.32 Å². The first kappa shape index (κ1) is 14.5. The molecule has 0 aliphatic carbocycles. The van der Waals surface area contributed by atoms with Gasteiger partial charge in [0.2, 0.25) is 0 Å². The molecular formula is C15H24ClN.